The normalized spacial score (nSPS) is 11.8. The smallest absolute Gasteiger partial charge is 0.152 e. The monoisotopic (exact) mass is 207 g/mol. The molecule has 0 amide bonds. The van der Waals surface area contributed by atoms with E-state index in [1.807, 2.05) is 24.3 Å². The lowest BCUT2D eigenvalue weighted by molar-refractivity contribution is -0.116. The van der Waals surface area contributed by atoms with Gasteiger partial charge in [-0.3, -0.25) is 4.79 Å². The summed E-state index contributed by atoms with van der Waals surface area (Å²) in [7, 11) is 0. The predicted octanol–water partition coefficient (Wildman–Crippen LogP) is 2.62. The number of ketones is 1. The largest absolute Gasteiger partial charge is 0.298 e. The van der Waals surface area contributed by atoms with Crippen molar-refractivity contribution in [2.24, 2.45) is 0 Å². The third-order valence-electron chi connectivity index (χ3n) is 1.95. The second kappa shape index (κ2) is 4.78. The fourth-order valence-electron chi connectivity index (χ4n) is 1.25. The van der Waals surface area contributed by atoms with Crippen LogP contribution < -0.4 is 0 Å². The minimum atomic E-state index is -0.639. The van der Waals surface area contributed by atoms with Crippen LogP contribution in [-0.2, 0) is 11.2 Å². The Balaban J connectivity index is 3.07. The molecule has 1 atom stereocenters. The van der Waals surface area contributed by atoms with Crippen molar-refractivity contribution in [3.63, 3.8) is 0 Å². The van der Waals surface area contributed by atoms with E-state index in [0.717, 1.165) is 11.1 Å². The van der Waals surface area contributed by atoms with Crippen LogP contribution in [0.3, 0.4) is 0 Å². The van der Waals surface area contributed by atoms with E-state index in [4.69, 9.17) is 16.9 Å². The molecule has 0 saturated heterocycles. The van der Waals surface area contributed by atoms with Crippen molar-refractivity contribution in [1.29, 1.82) is 5.26 Å². The van der Waals surface area contributed by atoms with E-state index in [9.17, 15) is 4.79 Å². The summed E-state index contributed by atoms with van der Waals surface area (Å²) in [5.41, 5.74) is 1.56. The Morgan fingerprint density at radius 3 is 2.79 bits per heavy atom. The van der Waals surface area contributed by atoms with Gasteiger partial charge in [0.1, 0.15) is 5.38 Å². The zero-order valence-electron chi connectivity index (χ0n) is 7.83. The predicted molar refractivity (Wildman–Crippen MR) is 55.0 cm³/mol. The molecule has 1 aromatic rings. The lowest BCUT2D eigenvalue weighted by Gasteiger charge is -2.09. The van der Waals surface area contributed by atoms with Gasteiger partial charge in [0.25, 0.3) is 0 Å². The number of benzene rings is 1. The Morgan fingerprint density at radius 1 is 1.57 bits per heavy atom. The van der Waals surface area contributed by atoms with Gasteiger partial charge >= 0.3 is 0 Å². The van der Waals surface area contributed by atoms with Crippen molar-refractivity contribution in [2.75, 3.05) is 0 Å². The summed E-state index contributed by atoms with van der Waals surface area (Å²) in [4.78, 5) is 11.1. The van der Waals surface area contributed by atoms with Gasteiger partial charge in [0.2, 0.25) is 0 Å². The van der Waals surface area contributed by atoms with E-state index in [-0.39, 0.29) is 12.2 Å². The van der Waals surface area contributed by atoms with Crippen molar-refractivity contribution in [2.45, 2.75) is 18.7 Å². The van der Waals surface area contributed by atoms with E-state index in [1.165, 1.54) is 6.92 Å². The van der Waals surface area contributed by atoms with Crippen LogP contribution in [0.1, 0.15) is 23.4 Å². The number of carbonyl (C=O) groups excluding carboxylic acids is 1. The van der Waals surface area contributed by atoms with Gasteiger partial charge in [-0.2, -0.15) is 5.26 Å². The first-order valence-electron chi connectivity index (χ1n) is 4.26. The number of hydrogen-bond acceptors (Lipinski definition) is 2. The van der Waals surface area contributed by atoms with Crippen LogP contribution in [-0.4, -0.2) is 5.78 Å². The minimum Gasteiger partial charge on any atom is -0.298 e. The van der Waals surface area contributed by atoms with Crippen molar-refractivity contribution in [3.8, 4) is 6.07 Å². The number of Topliss-reactive ketones (excluding diaryl/α,β-unsaturated/α-hetero) is 1. The van der Waals surface area contributed by atoms with Gasteiger partial charge in [0.05, 0.1) is 12.5 Å². The summed E-state index contributed by atoms with van der Waals surface area (Å²) in [6.07, 6.45) is 0.284. The molecule has 1 rings (SSSR count). The molecule has 14 heavy (non-hydrogen) atoms. The summed E-state index contributed by atoms with van der Waals surface area (Å²) < 4.78 is 0. The van der Waals surface area contributed by atoms with Gasteiger partial charge in [-0.05, 0) is 18.1 Å². The lowest BCUT2D eigenvalue weighted by Crippen LogP contribution is -2.04. The highest BCUT2D eigenvalue weighted by Gasteiger charge is 2.15. The number of nitrogens with zero attached hydrogens (tertiary/aromatic N) is 1. The molecule has 1 unspecified atom stereocenters. The molecule has 0 aromatic heterocycles. The molecule has 72 valence electrons. The van der Waals surface area contributed by atoms with Crippen LogP contribution in [0, 0.1) is 11.3 Å². The summed E-state index contributed by atoms with van der Waals surface area (Å²) in [5.74, 6) is -0.0999. The fraction of sp³-hybridized carbons (Fsp3) is 0.273. The maximum atomic E-state index is 11.1. The van der Waals surface area contributed by atoms with Gasteiger partial charge < -0.3 is 0 Å². The molecule has 0 fully saturated rings. The zero-order valence-corrected chi connectivity index (χ0v) is 8.58. The SMILES string of the molecule is CC(=O)C(Cl)c1ccccc1CC#N. The highest BCUT2D eigenvalue weighted by molar-refractivity contribution is 6.30. The third kappa shape index (κ3) is 2.34. The van der Waals surface area contributed by atoms with Crippen LogP contribution in [0.5, 0.6) is 0 Å². The number of rotatable bonds is 3. The molecule has 0 aliphatic rings. The van der Waals surface area contributed by atoms with Crippen LogP contribution in [0.4, 0.5) is 0 Å². The highest BCUT2D eigenvalue weighted by atomic mass is 35.5. The number of nitriles is 1. The van der Waals surface area contributed by atoms with Gasteiger partial charge in [-0.25, -0.2) is 0 Å². The van der Waals surface area contributed by atoms with E-state index in [2.05, 4.69) is 0 Å². The molecule has 0 saturated carbocycles. The van der Waals surface area contributed by atoms with Gasteiger partial charge in [0.15, 0.2) is 5.78 Å². The van der Waals surface area contributed by atoms with Crippen molar-refractivity contribution >= 4 is 17.4 Å². The molecular formula is C11H10ClNO. The second-order valence-electron chi connectivity index (χ2n) is 3.01. The van der Waals surface area contributed by atoms with E-state index in [0.29, 0.717) is 0 Å². The number of halogens is 1. The van der Waals surface area contributed by atoms with Crippen LogP contribution in [0.15, 0.2) is 24.3 Å². The van der Waals surface area contributed by atoms with E-state index < -0.39 is 5.38 Å². The quantitative estimate of drug-likeness (QED) is 0.715. The molecule has 2 nitrogen and oxygen atoms in total. The third-order valence-corrected chi connectivity index (χ3v) is 2.50. The first-order valence-corrected chi connectivity index (χ1v) is 4.69. The van der Waals surface area contributed by atoms with E-state index >= 15 is 0 Å². The molecule has 0 heterocycles. The fourth-order valence-corrected chi connectivity index (χ4v) is 1.46. The Labute approximate surface area is 88.1 Å². The summed E-state index contributed by atoms with van der Waals surface area (Å²) in [5, 5.41) is 7.95. The number of alkyl halides is 1. The Hall–Kier alpha value is -1.33. The topological polar surface area (TPSA) is 40.9 Å². The first-order chi connectivity index (χ1) is 6.66. The molecule has 3 heteroatoms. The molecule has 0 spiro atoms. The lowest BCUT2D eigenvalue weighted by atomic mass is 10.0. The molecule has 0 aliphatic carbocycles. The van der Waals surface area contributed by atoms with Crippen LogP contribution >= 0.6 is 11.6 Å². The highest BCUT2D eigenvalue weighted by Crippen LogP contribution is 2.24. The minimum absolute atomic E-state index is 0.0999. The van der Waals surface area contributed by atoms with Crippen molar-refractivity contribution in [3.05, 3.63) is 35.4 Å². The van der Waals surface area contributed by atoms with Crippen LogP contribution in [0.25, 0.3) is 0 Å². The number of carbonyl (C=O) groups is 1. The van der Waals surface area contributed by atoms with Crippen molar-refractivity contribution < 1.29 is 4.79 Å². The molecule has 0 radical (unpaired) electrons. The average Bonchev–Trinajstić information content (AvgIpc) is 2.18. The number of hydrogen-bond donors (Lipinski definition) is 0. The molecule has 0 N–H and O–H groups in total. The summed E-state index contributed by atoms with van der Waals surface area (Å²) in [6.45, 7) is 1.45. The Bertz CT molecular complexity index is 381. The zero-order chi connectivity index (χ0) is 10.6. The standard InChI is InChI=1S/C11H10ClNO/c1-8(14)11(12)10-5-3-2-4-9(10)6-7-13/h2-5,11H,6H2,1H3. The first kappa shape index (κ1) is 10.7. The van der Waals surface area contributed by atoms with Gasteiger partial charge in [-0.15, -0.1) is 11.6 Å². The van der Waals surface area contributed by atoms with E-state index in [1.54, 1.807) is 6.07 Å². The summed E-state index contributed by atoms with van der Waals surface area (Å²) in [6, 6.07) is 9.30. The maximum Gasteiger partial charge on any atom is 0.152 e. The molecule has 0 aliphatic heterocycles. The Kier molecular flexibility index (Phi) is 3.67. The average molecular weight is 208 g/mol. The summed E-state index contributed by atoms with van der Waals surface area (Å²) >= 11 is 5.92. The van der Waals surface area contributed by atoms with Gasteiger partial charge in [-0.1, -0.05) is 24.3 Å². The Morgan fingerprint density at radius 2 is 2.21 bits per heavy atom. The molecule has 0 bridgehead atoms. The van der Waals surface area contributed by atoms with Crippen LogP contribution in [0.2, 0.25) is 0 Å². The maximum absolute atomic E-state index is 11.1. The molecular weight excluding hydrogens is 198 g/mol. The second-order valence-corrected chi connectivity index (χ2v) is 3.44. The molecule has 1 aromatic carbocycles. The van der Waals surface area contributed by atoms with Crippen molar-refractivity contribution in [1.82, 2.24) is 0 Å². The van der Waals surface area contributed by atoms with Gasteiger partial charge in [0, 0.05) is 0 Å².